The Morgan fingerprint density at radius 2 is 2.21 bits per heavy atom. The number of thioether (sulfide) groups is 1. The van der Waals surface area contributed by atoms with E-state index in [-0.39, 0.29) is 0 Å². The summed E-state index contributed by atoms with van der Waals surface area (Å²) in [5, 5.41) is 3.32. The molecule has 0 aliphatic carbocycles. The monoisotopic (exact) mass is 335 g/mol. The first-order chi connectivity index (χ1) is 9.15. The summed E-state index contributed by atoms with van der Waals surface area (Å²) in [4.78, 5) is 9.71. The quantitative estimate of drug-likeness (QED) is 0.825. The Morgan fingerprint density at radius 1 is 1.42 bits per heavy atom. The van der Waals surface area contributed by atoms with Crippen LogP contribution in [0.2, 0.25) is 0 Å². The fourth-order valence-electron chi connectivity index (χ4n) is 1.71. The predicted molar refractivity (Wildman–Crippen MR) is 86.1 cm³/mol. The van der Waals surface area contributed by atoms with Crippen molar-refractivity contribution in [1.82, 2.24) is 9.97 Å². The van der Waals surface area contributed by atoms with Crippen LogP contribution in [0, 0.1) is 6.92 Å². The number of aromatic nitrogens is 2. The maximum absolute atomic E-state index is 4.39. The molecule has 0 fully saturated rings. The second-order valence-corrected chi connectivity index (χ2v) is 5.57. The third-order valence-electron chi connectivity index (χ3n) is 2.61. The van der Waals surface area contributed by atoms with Gasteiger partial charge in [-0.2, -0.15) is 0 Å². The molecule has 0 atom stereocenters. The zero-order chi connectivity index (χ0) is 13.8. The zero-order valence-electron chi connectivity index (χ0n) is 10.8. The number of rotatable bonds is 4. The van der Waals surface area contributed by atoms with E-state index in [2.05, 4.69) is 50.1 Å². The molecule has 2 rings (SSSR count). The smallest absolute Gasteiger partial charge is 0.148 e. The number of halogens is 1. The van der Waals surface area contributed by atoms with Crippen LogP contribution in [-0.4, -0.2) is 16.2 Å². The van der Waals surface area contributed by atoms with E-state index in [1.54, 1.807) is 18.0 Å². The van der Waals surface area contributed by atoms with Crippen LogP contribution in [-0.2, 0) is 0 Å². The molecule has 1 aromatic carbocycles. The molecule has 1 aromatic heterocycles. The van der Waals surface area contributed by atoms with Gasteiger partial charge in [-0.05, 0) is 41.2 Å². The maximum atomic E-state index is 4.39. The highest BCUT2D eigenvalue weighted by atomic mass is 79.9. The van der Waals surface area contributed by atoms with Crippen LogP contribution in [0.15, 0.2) is 40.3 Å². The van der Waals surface area contributed by atoms with Crippen molar-refractivity contribution in [1.29, 1.82) is 0 Å². The van der Waals surface area contributed by atoms with Gasteiger partial charge in [-0.25, -0.2) is 9.97 Å². The molecule has 0 radical (unpaired) electrons. The van der Waals surface area contributed by atoms with Crippen LogP contribution in [0.25, 0.3) is 6.08 Å². The Morgan fingerprint density at radius 3 is 2.89 bits per heavy atom. The lowest BCUT2D eigenvalue weighted by Gasteiger charge is -2.13. The van der Waals surface area contributed by atoms with Crippen LogP contribution in [0.4, 0.5) is 11.5 Å². The molecule has 0 unspecified atom stereocenters. The summed E-state index contributed by atoms with van der Waals surface area (Å²) in [6, 6.07) is 6.11. The van der Waals surface area contributed by atoms with Crippen LogP contribution in [0.5, 0.6) is 0 Å². The van der Waals surface area contributed by atoms with E-state index in [0.717, 1.165) is 27.4 Å². The van der Waals surface area contributed by atoms with Crippen LogP contribution in [0.1, 0.15) is 11.4 Å². The maximum Gasteiger partial charge on any atom is 0.148 e. The molecular formula is C14H14BrN3S. The van der Waals surface area contributed by atoms with E-state index in [1.165, 1.54) is 4.90 Å². The Hall–Kier alpha value is -1.33. The highest BCUT2D eigenvalue weighted by Crippen LogP contribution is 2.31. The highest BCUT2D eigenvalue weighted by molar-refractivity contribution is 9.10. The third kappa shape index (κ3) is 3.16. The highest BCUT2D eigenvalue weighted by Gasteiger charge is 2.08. The summed E-state index contributed by atoms with van der Waals surface area (Å²) in [5.74, 6) is 1.49. The van der Waals surface area contributed by atoms with Gasteiger partial charge < -0.3 is 5.32 Å². The first-order valence-electron chi connectivity index (χ1n) is 5.71. The molecular weight excluding hydrogens is 322 g/mol. The largest absolute Gasteiger partial charge is 0.339 e. The van der Waals surface area contributed by atoms with Gasteiger partial charge in [-0.1, -0.05) is 18.7 Å². The van der Waals surface area contributed by atoms with Crippen LogP contribution >= 0.6 is 27.7 Å². The van der Waals surface area contributed by atoms with Gasteiger partial charge in [-0.15, -0.1) is 11.8 Å². The van der Waals surface area contributed by atoms with Gasteiger partial charge in [0, 0.05) is 22.3 Å². The average Bonchev–Trinajstić information content (AvgIpc) is 2.42. The Balaban J connectivity index is 2.43. The molecule has 1 heterocycles. The number of nitrogens with one attached hydrogen (secondary N) is 1. The predicted octanol–water partition coefficient (Wildman–Crippen LogP) is 4.66. The fraction of sp³-hybridized carbons (Fsp3) is 0.143. The van der Waals surface area contributed by atoms with Gasteiger partial charge in [0.2, 0.25) is 0 Å². The van der Waals surface area contributed by atoms with Gasteiger partial charge in [0.25, 0.3) is 0 Å². The molecule has 0 amide bonds. The fourth-order valence-corrected chi connectivity index (χ4v) is 2.63. The SMILES string of the molecule is C=Cc1c(Nc2nc(C)ncc2Br)cccc1SC. The number of hydrogen-bond donors (Lipinski definition) is 1. The van der Waals surface area contributed by atoms with E-state index in [0.29, 0.717) is 0 Å². The van der Waals surface area contributed by atoms with Gasteiger partial charge >= 0.3 is 0 Å². The molecule has 0 spiro atoms. The zero-order valence-corrected chi connectivity index (χ0v) is 13.2. The molecule has 98 valence electrons. The average molecular weight is 336 g/mol. The minimum atomic E-state index is 0.729. The molecule has 19 heavy (non-hydrogen) atoms. The summed E-state index contributed by atoms with van der Waals surface area (Å²) in [7, 11) is 0. The second-order valence-electron chi connectivity index (χ2n) is 3.86. The number of hydrogen-bond acceptors (Lipinski definition) is 4. The van der Waals surface area contributed by atoms with Crippen molar-refractivity contribution in [3.05, 3.63) is 46.8 Å². The van der Waals surface area contributed by atoms with Crippen molar-refractivity contribution in [2.45, 2.75) is 11.8 Å². The van der Waals surface area contributed by atoms with Crippen LogP contribution in [0.3, 0.4) is 0 Å². The molecule has 0 saturated carbocycles. The molecule has 3 nitrogen and oxygen atoms in total. The van der Waals surface area contributed by atoms with E-state index in [4.69, 9.17) is 0 Å². The van der Waals surface area contributed by atoms with Gasteiger partial charge in [0.1, 0.15) is 11.6 Å². The first-order valence-corrected chi connectivity index (χ1v) is 7.73. The molecule has 5 heteroatoms. The molecule has 2 aromatic rings. The minimum absolute atomic E-state index is 0.729. The number of anilines is 2. The lowest BCUT2D eigenvalue weighted by molar-refractivity contribution is 1.05. The van der Waals surface area contributed by atoms with Crippen molar-refractivity contribution in [2.24, 2.45) is 0 Å². The van der Waals surface area contributed by atoms with E-state index in [9.17, 15) is 0 Å². The van der Waals surface area contributed by atoms with Crippen molar-refractivity contribution < 1.29 is 0 Å². The molecule has 1 N–H and O–H groups in total. The van der Waals surface area contributed by atoms with Gasteiger partial charge in [0.15, 0.2) is 0 Å². The van der Waals surface area contributed by atoms with E-state index >= 15 is 0 Å². The topological polar surface area (TPSA) is 37.8 Å². The summed E-state index contributed by atoms with van der Waals surface area (Å²) >= 11 is 5.15. The first kappa shape index (κ1) is 14.1. The van der Waals surface area contributed by atoms with Crippen molar-refractivity contribution in [3.8, 4) is 0 Å². The van der Waals surface area contributed by atoms with E-state index < -0.39 is 0 Å². The van der Waals surface area contributed by atoms with Crippen molar-refractivity contribution in [3.63, 3.8) is 0 Å². The summed E-state index contributed by atoms with van der Waals surface area (Å²) in [5.41, 5.74) is 2.07. The molecule has 0 saturated heterocycles. The molecule has 0 aliphatic heterocycles. The van der Waals surface area contributed by atoms with Crippen molar-refractivity contribution >= 4 is 45.3 Å². The second kappa shape index (κ2) is 6.21. The lowest BCUT2D eigenvalue weighted by Crippen LogP contribution is -2.00. The summed E-state index contributed by atoms with van der Waals surface area (Å²) < 4.78 is 0.836. The Kier molecular flexibility index (Phi) is 4.61. The molecule has 0 bridgehead atoms. The Bertz CT molecular complexity index is 614. The van der Waals surface area contributed by atoms with Gasteiger partial charge in [-0.3, -0.25) is 0 Å². The lowest BCUT2D eigenvalue weighted by atomic mass is 10.1. The number of benzene rings is 1. The van der Waals surface area contributed by atoms with Crippen LogP contribution < -0.4 is 5.32 Å². The normalized spacial score (nSPS) is 10.3. The number of nitrogens with zero attached hydrogens (tertiary/aromatic N) is 2. The summed E-state index contributed by atoms with van der Waals surface area (Å²) in [6.07, 6.45) is 5.66. The van der Waals surface area contributed by atoms with Gasteiger partial charge in [0.05, 0.1) is 4.47 Å². The standard InChI is InChI=1S/C14H14BrN3S/c1-4-10-12(6-5-7-13(10)19-3)18-14-11(15)8-16-9(2)17-14/h4-8H,1H2,2-3H3,(H,16,17,18). The minimum Gasteiger partial charge on any atom is -0.339 e. The van der Waals surface area contributed by atoms with E-state index in [1.807, 2.05) is 25.1 Å². The third-order valence-corrected chi connectivity index (χ3v) is 3.98. The molecule has 0 aliphatic rings. The Labute approximate surface area is 125 Å². The summed E-state index contributed by atoms with van der Waals surface area (Å²) in [6.45, 7) is 5.75. The number of aryl methyl sites for hydroxylation is 1. The van der Waals surface area contributed by atoms with Crippen molar-refractivity contribution in [2.75, 3.05) is 11.6 Å².